The van der Waals surface area contributed by atoms with Crippen LogP contribution in [0.5, 0.6) is 0 Å². The predicted molar refractivity (Wildman–Crippen MR) is 43.9 cm³/mol. The van der Waals surface area contributed by atoms with E-state index in [0.717, 1.165) is 11.3 Å². The van der Waals surface area contributed by atoms with Crippen molar-refractivity contribution in [1.29, 1.82) is 0 Å². The van der Waals surface area contributed by atoms with Gasteiger partial charge in [0.15, 0.2) is 5.78 Å². The Morgan fingerprint density at radius 1 is 1.43 bits per heavy atom. The standard InChI is InChI=1S/C8H4F4OS/c9-7(8(10,11)12)4-5(13)6-2-1-3-14-6/h1-4H/b7-4-. The molecule has 1 aromatic rings. The summed E-state index contributed by atoms with van der Waals surface area (Å²) in [6.45, 7) is 0. The number of allylic oxidation sites excluding steroid dienone is 2. The molecule has 0 bridgehead atoms. The van der Waals surface area contributed by atoms with E-state index in [1.807, 2.05) is 0 Å². The summed E-state index contributed by atoms with van der Waals surface area (Å²) < 4.78 is 47.2. The zero-order valence-electron chi connectivity index (χ0n) is 6.64. The van der Waals surface area contributed by atoms with Gasteiger partial charge < -0.3 is 0 Å². The topological polar surface area (TPSA) is 17.1 Å². The lowest BCUT2D eigenvalue weighted by molar-refractivity contribution is -0.108. The SMILES string of the molecule is O=C(/C=C(\F)C(F)(F)F)c1cccs1. The molecule has 1 nitrogen and oxygen atoms in total. The molecule has 1 rings (SSSR count). The Balaban J connectivity index is 2.84. The number of thiophene rings is 1. The van der Waals surface area contributed by atoms with Crippen molar-refractivity contribution in [3.8, 4) is 0 Å². The highest BCUT2D eigenvalue weighted by Crippen LogP contribution is 2.27. The fraction of sp³-hybridized carbons (Fsp3) is 0.125. The monoisotopic (exact) mass is 224 g/mol. The number of carbonyl (C=O) groups is 1. The zero-order valence-corrected chi connectivity index (χ0v) is 7.45. The maximum absolute atomic E-state index is 12.3. The third kappa shape index (κ3) is 2.66. The first-order chi connectivity index (χ1) is 6.41. The molecule has 1 heterocycles. The van der Waals surface area contributed by atoms with Crippen LogP contribution in [-0.4, -0.2) is 12.0 Å². The van der Waals surface area contributed by atoms with Crippen molar-refractivity contribution in [2.45, 2.75) is 6.18 Å². The molecule has 0 fully saturated rings. The summed E-state index contributed by atoms with van der Waals surface area (Å²) in [5.41, 5.74) is 0. The molecule has 76 valence electrons. The van der Waals surface area contributed by atoms with E-state index in [-0.39, 0.29) is 11.0 Å². The molecule has 0 N–H and O–H groups in total. The third-order valence-corrected chi connectivity index (χ3v) is 2.18. The summed E-state index contributed by atoms with van der Waals surface area (Å²) >= 11 is 0.956. The molecule has 0 aliphatic heterocycles. The highest BCUT2D eigenvalue weighted by molar-refractivity contribution is 7.12. The smallest absolute Gasteiger partial charge is 0.288 e. The minimum Gasteiger partial charge on any atom is -0.288 e. The number of hydrogen-bond donors (Lipinski definition) is 0. The van der Waals surface area contributed by atoms with Crippen molar-refractivity contribution in [1.82, 2.24) is 0 Å². The van der Waals surface area contributed by atoms with E-state index in [1.165, 1.54) is 17.5 Å². The van der Waals surface area contributed by atoms with Crippen molar-refractivity contribution < 1.29 is 22.4 Å². The summed E-state index contributed by atoms with van der Waals surface area (Å²) in [7, 11) is 0. The average Bonchev–Trinajstić information content (AvgIpc) is 2.53. The van der Waals surface area contributed by atoms with E-state index in [2.05, 4.69) is 0 Å². The molecule has 0 unspecified atom stereocenters. The highest BCUT2D eigenvalue weighted by atomic mass is 32.1. The number of carbonyl (C=O) groups excluding carboxylic acids is 1. The van der Waals surface area contributed by atoms with Crippen LogP contribution in [0.2, 0.25) is 0 Å². The van der Waals surface area contributed by atoms with Crippen molar-refractivity contribution in [3.05, 3.63) is 34.3 Å². The van der Waals surface area contributed by atoms with Gasteiger partial charge in [-0.25, -0.2) is 4.39 Å². The largest absolute Gasteiger partial charge is 0.443 e. The van der Waals surface area contributed by atoms with Crippen LogP contribution in [0.1, 0.15) is 9.67 Å². The molecular formula is C8H4F4OS. The van der Waals surface area contributed by atoms with Crippen LogP contribution in [-0.2, 0) is 0 Å². The zero-order chi connectivity index (χ0) is 10.8. The number of ketones is 1. The first kappa shape index (κ1) is 10.9. The number of halogens is 4. The van der Waals surface area contributed by atoms with Gasteiger partial charge in [0.05, 0.1) is 4.88 Å². The van der Waals surface area contributed by atoms with E-state index in [1.54, 1.807) is 0 Å². The summed E-state index contributed by atoms with van der Waals surface area (Å²) in [4.78, 5) is 11.0. The van der Waals surface area contributed by atoms with Gasteiger partial charge in [0, 0.05) is 6.08 Å². The third-order valence-electron chi connectivity index (χ3n) is 1.29. The second kappa shape index (κ2) is 3.91. The Bertz CT molecular complexity index is 350. The Morgan fingerprint density at radius 2 is 2.07 bits per heavy atom. The molecule has 0 aliphatic carbocycles. The number of alkyl halides is 3. The lowest BCUT2D eigenvalue weighted by Gasteiger charge is -2.00. The number of rotatable bonds is 2. The molecule has 1 aromatic heterocycles. The molecule has 6 heteroatoms. The summed E-state index contributed by atoms with van der Waals surface area (Å²) in [5, 5.41) is 1.52. The first-order valence-corrected chi connectivity index (χ1v) is 4.31. The molecule has 0 saturated heterocycles. The lowest BCUT2D eigenvalue weighted by Crippen LogP contribution is -2.09. The highest BCUT2D eigenvalue weighted by Gasteiger charge is 2.35. The summed E-state index contributed by atoms with van der Waals surface area (Å²) in [6.07, 6.45) is -5.14. The van der Waals surface area contributed by atoms with E-state index >= 15 is 0 Å². The minimum absolute atomic E-state index is 0.0498. The van der Waals surface area contributed by atoms with Gasteiger partial charge >= 0.3 is 6.18 Å². The molecule has 0 aromatic carbocycles. The predicted octanol–water partition coefficient (Wildman–Crippen LogP) is 3.35. The van der Waals surface area contributed by atoms with Crippen LogP contribution in [0, 0.1) is 0 Å². The van der Waals surface area contributed by atoms with Crippen molar-refractivity contribution in [2.24, 2.45) is 0 Å². The van der Waals surface area contributed by atoms with Gasteiger partial charge in [-0.15, -0.1) is 11.3 Å². The van der Waals surface area contributed by atoms with Gasteiger partial charge in [-0.2, -0.15) is 13.2 Å². The van der Waals surface area contributed by atoms with E-state index in [0.29, 0.717) is 0 Å². The van der Waals surface area contributed by atoms with Crippen molar-refractivity contribution in [3.63, 3.8) is 0 Å². The second-order valence-electron chi connectivity index (χ2n) is 2.33. The van der Waals surface area contributed by atoms with Crippen molar-refractivity contribution in [2.75, 3.05) is 0 Å². The molecule has 0 atom stereocenters. The fourth-order valence-corrected chi connectivity index (χ4v) is 1.32. The molecular weight excluding hydrogens is 220 g/mol. The average molecular weight is 224 g/mol. The molecule has 0 amide bonds. The van der Waals surface area contributed by atoms with Gasteiger partial charge in [0.25, 0.3) is 0 Å². The van der Waals surface area contributed by atoms with E-state index in [9.17, 15) is 22.4 Å². The van der Waals surface area contributed by atoms with Crippen LogP contribution in [0.25, 0.3) is 0 Å². The molecule has 0 radical (unpaired) electrons. The van der Waals surface area contributed by atoms with Crippen LogP contribution < -0.4 is 0 Å². The Morgan fingerprint density at radius 3 is 2.50 bits per heavy atom. The fourth-order valence-electron chi connectivity index (χ4n) is 0.687. The quantitative estimate of drug-likeness (QED) is 0.427. The van der Waals surface area contributed by atoms with Crippen LogP contribution in [0.3, 0.4) is 0 Å². The maximum Gasteiger partial charge on any atom is 0.443 e. The summed E-state index contributed by atoms with van der Waals surface area (Å²) in [5.74, 6) is -3.36. The maximum atomic E-state index is 12.3. The summed E-state index contributed by atoms with van der Waals surface area (Å²) in [6, 6.07) is 2.82. The van der Waals surface area contributed by atoms with E-state index < -0.39 is 17.8 Å². The Hall–Kier alpha value is -1.17. The van der Waals surface area contributed by atoms with Crippen LogP contribution in [0.15, 0.2) is 29.4 Å². The Labute approximate surface area is 80.7 Å². The van der Waals surface area contributed by atoms with Crippen LogP contribution in [0.4, 0.5) is 17.6 Å². The second-order valence-corrected chi connectivity index (χ2v) is 3.28. The molecule has 0 aliphatic rings. The van der Waals surface area contributed by atoms with E-state index in [4.69, 9.17) is 0 Å². The normalized spacial score (nSPS) is 13.0. The van der Waals surface area contributed by atoms with Crippen molar-refractivity contribution >= 4 is 17.1 Å². The van der Waals surface area contributed by atoms with Gasteiger partial charge in [-0.3, -0.25) is 4.79 Å². The molecule has 14 heavy (non-hydrogen) atoms. The van der Waals surface area contributed by atoms with Gasteiger partial charge in [-0.1, -0.05) is 6.07 Å². The van der Waals surface area contributed by atoms with Gasteiger partial charge in [0.1, 0.15) is 0 Å². The van der Waals surface area contributed by atoms with Gasteiger partial charge in [0.2, 0.25) is 5.83 Å². The first-order valence-electron chi connectivity index (χ1n) is 3.43. The van der Waals surface area contributed by atoms with Gasteiger partial charge in [-0.05, 0) is 11.4 Å². The lowest BCUT2D eigenvalue weighted by atomic mass is 10.3. The Kier molecular flexibility index (Phi) is 3.05. The number of hydrogen-bond acceptors (Lipinski definition) is 2. The van der Waals surface area contributed by atoms with Crippen LogP contribution >= 0.6 is 11.3 Å². The molecule has 0 spiro atoms. The molecule has 0 saturated carbocycles. The minimum atomic E-state index is -5.09.